The fourth-order valence-electron chi connectivity index (χ4n) is 17.6. The molecule has 11 rings (SSSR count). The van der Waals surface area contributed by atoms with Crippen molar-refractivity contribution in [2.45, 2.75) is 283 Å². The maximum Gasteiger partial charge on any atom is 0.338 e. The molecule has 0 bridgehead atoms. The summed E-state index contributed by atoms with van der Waals surface area (Å²) >= 11 is 0. The van der Waals surface area contributed by atoms with Crippen molar-refractivity contribution >= 4 is 18.0 Å². The van der Waals surface area contributed by atoms with Gasteiger partial charge in [-0.1, -0.05) is 74.0 Å². The smallest absolute Gasteiger partial charge is 0.338 e. The minimum Gasteiger partial charge on any atom is -0.458 e. The fourth-order valence-corrected chi connectivity index (χ4v) is 17.6. The fraction of sp³-hybridized carbons (Fsp3) is 0.746. The Labute approximate surface area is 566 Å². The van der Waals surface area contributed by atoms with Gasteiger partial charge in [-0.2, -0.15) is 0 Å². The van der Waals surface area contributed by atoms with Crippen LogP contribution in [-0.4, -0.2) is 258 Å². The molecular weight excluding hydrogens is 1270 g/mol. The molecule has 0 spiro atoms. The van der Waals surface area contributed by atoms with Crippen molar-refractivity contribution < 1.29 is 126 Å². The third kappa shape index (κ3) is 14.0. The van der Waals surface area contributed by atoms with Crippen LogP contribution >= 0.6 is 0 Å². The van der Waals surface area contributed by atoms with Crippen molar-refractivity contribution in [1.29, 1.82) is 0 Å². The summed E-state index contributed by atoms with van der Waals surface area (Å²) in [6.07, 6.45) is -16.1. The Kier molecular flexibility index (Phi) is 23.0. The molecule has 8 fully saturated rings. The highest BCUT2D eigenvalue weighted by Crippen LogP contribution is 2.71. The number of ether oxygens (including phenoxy) is 16. The molecule has 31 atom stereocenters. The van der Waals surface area contributed by atoms with E-state index in [1.165, 1.54) is 20.3 Å². The largest absolute Gasteiger partial charge is 0.458 e. The molecule has 9 aliphatic rings. The average Bonchev–Trinajstić information content (AvgIpc) is 1.59. The van der Waals surface area contributed by atoms with E-state index in [0.29, 0.717) is 25.7 Å². The summed E-state index contributed by atoms with van der Waals surface area (Å²) in [6.45, 7) is 11.9. The molecule has 3 saturated carbocycles. The van der Waals surface area contributed by atoms with Gasteiger partial charge in [0.25, 0.3) is 0 Å². The molecular formula is C71H102O26. The summed E-state index contributed by atoms with van der Waals surface area (Å²) in [5.74, 6) is -1.99. The van der Waals surface area contributed by atoms with Crippen LogP contribution in [0.5, 0.6) is 0 Å². The zero-order valence-electron chi connectivity index (χ0n) is 57.2. The van der Waals surface area contributed by atoms with Gasteiger partial charge in [0.15, 0.2) is 31.5 Å². The van der Waals surface area contributed by atoms with Crippen LogP contribution in [0.2, 0.25) is 0 Å². The number of benzene rings is 2. The van der Waals surface area contributed by atoms with Crippen molar-refractivity contribution in [3.8, 4) is 0 Å². The summed E-state index contributed by atoms with van der Waals surface area (Å²) in [5, 5.41) is 92.5. The lowest BCUT2D eigenvalue weighted by Crippen LogP contribution is -2.78. The molecule has 542 valence electrons. The van der Waals surface area contributed by atoms with Gasteiger partial charge in [-0.3, -0.25) is 0 Å². The second kappa shape index (κ2) is 30.1. The summed E-state index contributed by atoms with van der Waals surface area (Å²) in [7, 11) is 6.10. The molecule has 0 amide bonds. The van der Waals surface area contributed by atoms with Gasteiger partial charge in [0.1, 0.15) is 90.1 Å². The number of aliphatic hydroxyl groups is 8. The maximum atomic E-state index is 14.2. The summed E-state index contributed by atoms with van der Waals surface area (Å²) in [5.41, 5.74) is -6.10. The van der Waals surface area contributed by atoms with Crippen molar-refractivity contribution in [3.63, 3.8) is 0 Å². The SMILES string of the molecule is CO[C@H]1[C@@H](O)[C@H](O[C@H]2[C@@H](OC)C[C@H](O[C@H]3[C@@H](OC)C[C@H](O[C@H]4[C@@H](OC)C[C@H](O[C@H]5CC[C@@]6(C)C(=CC[C@]7(O)[C@@H]6C[C@@H](OC(=O)c6ccccc6)[C@@]6(C)[C@]7(O)CC[C@@]6(O)[C@H](C)OC(=O)/C=C/c6ccccc6)C5)O[C@@H]4C)O[C@@H]3C)O[C@@H]2C)O[C@H](C)[C@H]1O[C@@H]1O[C@H](CO)[C@@H](O)[C@H](O)[C@H]1O. The van der Waals surface area contributed by atoms with E-state index in [0.717, 1.165) is 11.1 Å². The van der Waals surface area contributed by atoms with Crippen LogP contribution in [0.25, 0.3) is 6.08 Å². The Morgan fingerprint density at radius 1 is 0.608 bits per heavy atom. The Morgan fingerprint density at radius 2 is 1.14 bits per heavy atom. The molecule has 5 saturated heterocycles. The highest BCUT2D eigenvalue weighted by atomic mass is 16.8. The first-order chi connectivity index (χ1) is 46.2. The number of methoxy groups -OCH3 is 4. The zero-order chi connectivity index (χ0) is 69.7. The van der Waals surface area contributed by atoms with Crippen LogP contribution in [0.3, 0.4) is 0 Å². The molecule has 26 nitrogen and oxygen atoms in total. The predicted molar refractivity (Wildman–Crippen MR) is 340 cm³/mol. The number of aliphatic hydroxyl groups excluding tert-OH is 5. The van der Waals surface area contributed by atoms with E-state index in [1.54, 1.807) is 78.3 Å². The second-order valence-electron chi connectivity index (χ2n) is 28.5. The summed E-state index contributed by atoms with van der Waals surface area (Å²) in [4.78, 5) is 27.6. The Morgan fingerprint density at radius 3 is 1.71 bits per heavy atom. The van der Waals surface area contributed by atoms with Crippen LogP contribution < -0.4 is 0 Å². The topological polar surface area (TPSA) is 344 Å². The Hall–Kier alpha value is -4.02. The lowest BCUT2D eigenvalue weighted by Gasteiger charge is -2.67. The molecule has 0 aromatic heterocycles. The first-order valence-electron chi connectivity index (χ1n) is 34.2. The third-order valence-corrected chi connectivity index (χ3v) is 23.2. The van der Waals surface area contributed by atoms with E-state index >= 15 is 0 Å². The number of hydrogen-bond acceptors (Lipinski definition) is 26. The number of rotatable bonds is 21. The highest BCUT2D eigenvalue weighted by Gasteiger charge is 2.82. The summed E-state index contributed by atoms with van der Waals surface area (Å²) < 4.78 is 100. The van der Waals surface area contributed by atoms with Crippen LogP contribution in [-0.2, 0) is 80.6 Å². The van der Waals surface area contributed by atoms with Gasteiger partial charge in [0.05, 0.1) is 66.4 Å². The van der Waals surface area contributed by atoms with E-state index in [1.807, 2.05) is 50.3 Å². The van der Waals surface area contributed by atoms with Crippen LogP contribution in [0.4, 0.5) is 0 Å². The molecule has 4 aliphatic carbocycles. The van der Waals surface area contributed by atoms with Gasteiger partial charge in [0, 0.05) is 59.7 Å². The summed E-state index contributed by atoms with van der Waals surface area (Å²) in [6, 6.07) is 17.8. The molecule has 2 aromatic rings. The highest BCUT2D eigenvalue weighted by molar-refractivity contribution is 5.89. The van der Waals surface area contributed by atoms with Gasteiger partial charge in [0.2, 0.25) is 0 Å². The predicted octanol–water partition coefficient (Wildman–Crippen LogP) is 3.69. The van der Waals surface area contributed by atoms with Gasteiger partial charge >= 0.3 is 11.9 Å². The van der Waals surface area contributed by atoms with Crippen LogP contribution in [0.15, 0.2) is 78.4 Å². The van der Waals surface area contributed by atoms with Gasteiger partial charge in [-0.15, -0.1) is 0 Å². The standard InChI is InChI=1S/C71H102O26/c1-36-59(94-53-32-46(83-9)60(37(2)87-53)95-54-33-47(84-10)61(38(3)88-54)96-66-58(77)63(85-11)62(39(4)89-66)97-65-57(76)56(75)55(74)48(35-72)92-65)45(82-8)31-52(86-36)91-44-25-26-67(6)43(30-44)24-27-70(80)49(67)34-50(93-64(78)42-20-16-13-17-21-42)68(7)69(79,28-29-71(68,70)81)40(5)90-51(73)23-22-41-18-14-12-15-19-41/h12-24,36-40,44-50,52-63,65-66,72,74-77,79-81H,25-35H2,1-11H3/b23-22+/t36-,37-,38-,39-,40+,44+,45+,46+,47+,48-,49-,50-,52+,53+,54+,55-,56+,57-,58-,59-,60-,61-,62-,63+,65+,66+,67+,68-,69-,70+,71-/m1/s1. The number of hydrogen-bond donors (Lipinski definition) is 8. The van der Waals surface area contributed by atoms with Crippen molar-refractivity contribution in [2.75, 3.05) is 35.0 Å². The molecule has 2 aromatic carbocycles. The molecule has 8 N–H and O–H groups in total. The normalized spacial score (nSPS) is 46.5. The second-order valence-corrected chi connectivity index (χ2v) is 28.5. The quantitative estimate of drug-likeness (QED) is 0.0502. The van der Waals surface area contributed by atoms with Crippen molar-refractivity contribution in [2.24, 2.45) is 16.7 Å². The lowest BCUT2D eigenvalue weighted by molar-refractivity contribution is -0.374. The monoisotopic (exact) mass is 1370 g/mol. The van der Waals surface area contributed by atoms with Crippen LogP contribution in [0.1, 0.15) is 129 Å². The van der Waals surface area contributed by atoms with E-state index in [4.69, 9.17) is 75.8 Å². The molecule has 97 heavy (non-hydrogen) atoms. The molecule has 5 aliphatic heterocycles. The molecule has 5 heterocycles. The number of carbonyl (C=O) groups is 2. The average molecular weight is 1370 g/mol. The Balaban J connectivity index is 0.695. The molecule has 0 unspecified atom stereocenters. The van der Waals surface area contributed by atoms with E-state index in [2.05, 4.69) is 6.92 Å². The first kappa shape index (κ1) is 74.2. The van der Waals surface area contributed by atoms with Crippen molar-refractivity contribution in [1.82, 2.24) is 0 Å². The third-order valence-electron chi connectivity index (χ3n) is 23.2. The van der Waals surface area contributed by atoms with Crippen molar-refractivity contribution in [3.05, 3.63) is 89.5 Å². The number of carbonyl (C=O) groups excluding carboxylic acids is 2. The van der Waals surface area contributed by atoms with E-state index in [9.17, 15) is 50.4 Å². The van der Waals surface area contributed by atoms with Gasteiger partial charge in [-0.05, 0) is 109 Å². The maximum absolute atomic E-state index is 14.2. The zero-order valence-corrected chi connectivity index (χ0v) is 57.2. The Bertz CT molecular complexity index is 3020. The minimum atomic E-state index is -2.02. The first-order valence-corrected chi connectivity index (χ1v) is 34.2. The van der Waals surface area contributed by atoms with Crippen LogP contribution in [0, 0.1) is 16.7 Å². The minimum absolute atomic E-state index is 0.0472. The lowest BCUT2D eigenvalue weighted by atomic mass is 9.42. The molecule has 26 heteroatoms. The van der Waals surface area contributed by atoms with E-state index in [-0.39, 0.29) is 50.2 Å². The number of fused-ring (bicyclic) bond motifs is 5. The van der Waals surface area contributed by atoms with Gasteiger partial charge < -0.3 is 117 Å². The number of esters is 2. The van der Waals surface area contributed by atoms with E-state index < -0.39 is 200 Å². The molecule has 0 radical (unpaired) electrons. The van der Waals surface area contributed by atoms with Gasteiger partial charge in [-0.25, -0.2) is 9.59 Å².